The molecule has 1 N–H and O–H groups in total. The Morgan fingerprint density at radius 3 is 2.63 bits per heavy atom. The number of benzene rings is 1. The second-order valence-electron chi connectivity index (χ2n) is 4.64. The maximum absolute atomic E-state index is 12.9. The van der Waals surface area contributed by atoms with E-state index in [1.54, 1.807) is 6.08 Å². The van der Waals surface area contributed by atoms with Crippen molar-refractivity contribution in [1.82, 2.24) is 0 Å². The van der Waals surface area contributed by atoms with Gasteiger partial charge in [-0.3, -0.25) is 9.59 Å². The van der Waals surface area contributed by atoms with Crippen LogP contribution in [-0.4, -0.2) is 31.4 Å². The van der Waals surface area contributed by atoms with Gasteiger partial charge >= 0.3 is 0 Å². The standard InChI is InChI=1S/C14H15FN2O2/c1-3-8-16(2)12-9-13(18)17(14(12)19)11-6-4-10(15)5-7-11/h3-7,12H,1,8-9H2,2H3/p+1/t12-/m1/s1. The van der Waals surface area contributed by atoms with Crippen LogP contribution in [0.3, 0.4) is 0 Å². The third kappa shape index (κ3) is 2.56. The summed E-state index contributed by atoms with van der Waals surface area (Å²) in [5.41, 5.74) is 0.422. The third-order valence-corrected chi connectivity index (χ3v) is 3.29. The molecule has 1 fully saturated rings. The van der Waals surface area contributed by atoms with Crippen molar-refractivity contribution in [2.45, 2.75) is 12.5 Å². The van der Waals surface area contributed by atoms with E-state index in [2.05, 4.69) is 6.58 Å². The molecule has 4 nitrogen and oxygen atoms in total. The monoisotopic (exact) mass is 263 g/mol. The molecule has 1 heterocycles. The van der Waals surface area contributed by atoms with Crippen LogP contribution in [0.5, 0.6) is 0 Å². The molecule has 0 aromatic heterocycles. The first-order valence-corrected chi connectivity index (χ1v) is 6.10. The quantitative estimate of drug-likeness (QED) is 0.621. The summed E-state index contributed by atoms with van der Waals surface area (Å²) in [5, 5.41) is 0. The van der Waals surface area contributed by atoms with Crippen molar-refractivity contribution in [2.24, 2.45) is 0 Å². The van der Waals surface area contributed by atoms with Crippen molar-refractivity contribution in [2.75, 3.05) is 18.5 Å². The average molecular weight is 263 g/mol. The highest BCUT2D eigenvalue weighted by Gasteiger charge is 2.44. The maximum Gasteiger partial charge on any atom is 0.292 e. The van der Waals surface area contributed by atoms with E-state index in [-0.39, 0.29) is 18.2 Å². The van der Waals surface area contributed by atoms with Gasteiger partial charge in [-0.15, -0.1) is 0 Å². The lowest BCUT2D eigenvalue weighted by molar-refractivity contribution is -0.888. The molecule has 0 aliphatic carbocycles. The number of likely N-dealkylation sites (N-methyl/N-ethyl adjacent to an activating group) is 1. The number of nitrogens with one attached hydrogen (secondary N) is 1. The molecule has 0 radical (unpaired) electrons. The molecule has 100 valence electrons. The molecule has 19 heavy (non-hydrogen) atoms. The van der Waals surface area contributed by atoms with Crippen LogP contribution in [0.15, 0.2) is 36.9 Å². The number of carbonyl (C=O) groups is 2. The van der Waals surface area contributed by atoms with Gasteiger partial charge in [0.25, 0.3) is 5.91 Å². The van der Waals surface area contributed by atoms with E-state index in [9.17, 15) is 14.0 Å². The normalized spacial score (nSPS) is 20.7. The van der Waals surface area contributed by atoms with E-state index in [0.717, 1.165) is 9.80 Å². The Bertz CT molecular complexity index is 513. The van der Waals surface area contributed by atoms with Gasteiger partial charge in [-0.2, -0.15) is 0 Å². The molecule has 0 spiro atoms. The molecule has 1 aromatic carbocycles. The molecule has 0 saturated carbocycles. The fourth-order valence-electron chi connectivity index (χ4n) is 2.25. The zero-order chi connectivity index (χ0) is 14.0. The lowest BCUT2D eigenvalue weighted by Crippen LogP contribution is -3.13. The van der Waals surface area contributed by atoms with Crippen LogP contribution in [0.25, 0.3) is 0 Å². The van der Waals surface area contributed by atoms with Crippen molar-refractivity contribution in [3.05, 3.63) is 42.7 Å². The Kier molecular flexibility index (Phi) is 3.76. The zero-order valence-electron chi connectivity index (χ0n) is 10.7. The summed E-state index contributed by atoms with van der Waals surface area (Å²) in [6.07, 6.45) is 1.89. The molecule has 2 rings (SSSR count). The lowest BCUT2D eigenvalue weighted by Gasteiger charge is -2.18. The minimum Gasteiger partial charge on any atom is -0.323 e. The van der Waals surface area contributed by atoms with Crippen LogP contribution >= 0.6 is 0 Å². The minimum atomic E-state index is -0.395. The molecule has 5 heteroatoms. The number of quaternary nitrogens is 1. The minimum absolute atomic E-state index is 0.176. The molecule has 1 saturated heterocycles. The number of imide groups is 1. The first kappa shape index (κ1) is 13.4. The first-order chi connectivity index (χ1) is 9.04. The van der Waals surface area contributed by atoms with Gasteiger partial charge in [-0.05, 0) is 30.3 Å². The zero-order valence-corrected chi connectivity index (χ0v) is 10.7. The largest absolute Gasteiger partial charge is 0.323 e. The van der Waals surface area contributed by atoms with Gasteiger partial charge in [-0.1, -0.05) is 6.58 Å². The Hall–Kier alpha value is -2.01. The summed E-state index contributed by atoms with van der Waals surface area (Å²) in [6.45, 7) is 4.24. The van der Waals surface area contributed by atoms with E-state index in [0.29, 0.717) is 12.2 Å². The highest BCUT2D eigenvalue weighted by atomic mass is 19.1. The van der Waals surface area contributed by atoms with Crippen LogP contribution in [0.1, 0.15) is 6.42 Å². The Morgan fingerprint density at radius 2 is 2.05 bits per heavy atom. The highest BCUT2D eigenvalue weighted by Crippen LogP contribution is 2.21. The van der Waals surface area contributed by atoms with Crippen LogP contribution in [-0.2, 0) is 9.59 Å². The molecule has 2 atom stereocenters. The fourth-order valence-corrected chi connectivity index (χ4v) is 2.25. The fraction of sp³-hybridized carbons (Fsp3) is 0.286. The topological polar surface area (TPSA) is 41.8 Å². The van der Waals surface area contributed by atoms with E-state index in [1.807, 2.05) is 7.05 Å². The van der Waals surface area contributed by atoms with Crippen molar-refractivity contribution >= 4 is 17.5 Å². The number of hydrogen-bond donors (Lipinski definition) is 1. The SMILES string of the molecule is C=CC[NH+](C)[C@@H]1CC(=O)N(c2ccc(F)cc2)C1=O. The average Bonchev–Trinajstić information content (AvgIpc) is 2.67. The molecule has 0 bridgehead atoms. The van der Waals surface area contributed by atoms with Gasteiger partial charge in [0.05, 0.1) is 25.7 Å². The number of nitrogens with zero attached hydrogens (tertiary/aromatic N) is 1. The summed E-state index contributed by atoms with van der Waals surface area (Å²) in [6, 6.07) is 4.97. The summed E-state index contributed by atoms with van der Waals surface area (Å²) >= 11 is 0. The molecular weight excluding hydrogens is 247 g/mol. The van der Waals surface area contributed by atoms with E-state index < -0.39 is 11.9 Å². The predicted molar refractivity (Wildman–Crippen MR) is 69.2 cm³/mol. The highest BCUT2D eigenvalue weighted by molar-refractivity contribution is 6.21. The Balaban J connectivity index is 2.23. The van der Waals surface area contributed by atoms with Gasteiger partial charge in [-0.25, -0.2) is 9.29 Å². The van der Waals surface area contributed by atoms with Gasteiger partial charge in [0.2, 0.25) is 5.91 Å². The van der Waals surface area contributed by atoms with Crippen LogP contribution in [0.2, 0.25) is 0 Å². The van der Waals surface area contributed by atoms with E-state index in [4.69, 9.17) is 0 Å². The van der Waals surface area contributed by atoms with Gasteiger partial charge in [0.15, 0.2) is 6.04 Å². The van der Waals surface area contributed by atoms with Crippen molar-refractivity contribution in [3.63, 3.8) is 0 Å². The number of hydrogen-bond acceptors (Lipinski definition) is 2. The maximum atomic E-state index is 12.9. The number of halogens is 1. The van der Waals surface area contributed by atoms with Crippen LogP contribution in [0, 0.1) is 5.82 Å². The molecule has 1 aliphatic heterocycles. The lowest BCUT2D eigenvalue weighted by atomic mass is 10.2. The first-order valence-electron chi connectivity index (χ1n) is 6.10. The second-order valence-corrected chi connectivity index (χ2v) is 4.64. The van der Waals surface area contributed by atoms with Crippen LogP contribution < -0.4 is 9.80 Å². The smallest absolute Gasteiger partial charge is 0.292 e. The van der Waals surface area contributed by atoms with Crippen molar-refractivity contribution in [3.8, 4) is 0 Å². The van der Waals surface area contributed by atoms with Gasteiger partial charge in [0.1, 0.15) is 5.82 Å². The second kappa shape index (κ2) is 5.32. The predicted octanol–water partition coefficient (Wildman–Crippen LogP) is 0.158. The van der Waals surface area contributed by atoms with Crippen molar-refractivity contribution in [1.29, 1.82) is 0 Å². The molecule has 2 amide bonds. The summed E-state index contributed by atoms with van der Waals surface area (Å²) in [5.74, 6) is -0.880. The Labute approximate surface area is 111 Å². The number of carbonyl (C=O) groups excluding carboxylic acids is 2. The third-order valence-electron chi connectivity index (χ3n) is 3.29. The summed E-state index contributed by atoms with van der Waals surface area (Å²) in [7, 11) is 1.85. The van der Waals surface area contributed by atoms with E-state index in [1.165, 1.54) is 24.3 Å². The molecule has 1 aromatic rings. The van der Waals surface area contributed by atoms with Crippen LogP contribution in [0.4, 0.5) is 10.1 Å². The van der Waals surface area contributed by atoms with E-state index >= 15 is 0 Å². The molecular formula is C14H16FN2O2+. The summed E-state index contributed by atoms with van der Waals surface area (Å²) in [4.78, 5) is 26.3. The van der Waals surface area contributed by atoms with Crippen molar-refractivity contribution < 1.29 is 18.9 Å². The summed E-state index contributed by atoms with van der Waals surface area (Å²) < 4.78 is 12.9. The molecule has 1 aliphatic rings. The van der Waals surface area contributed by atoms with Gasteiger partial charge in [0, 0.05) is 0 Å². The number of rotatable bonds is 4. The number of amides is 2. The van der Waals surface area contributed by atoms with Gasteiger partial charge < -0.3 is 4.90 Å². The Morgan fingerprint density at radius 1 is 1.42 bits per heavy atom. The number of anilines is 1. The molecule has 1 unspecified atom stereocenters.